The molecule has 31 heavy (non-hydrogen) atoms. The second-order valence-corrected chi connectivity index (χ2v) is 7.78. The molecular weight excluding hydrogens is 446 g/mol. The van der Waals surface area contributed by atoms with Crippen LogP contribution in [0, 0.1) is 15.9 Å². The lowest BCUT2D eigenvalue weighted by Crippen LogP contribution is -2.36. The molecule has 0 radical (unpaired) electrons. The van der Waals surface area contributed by atoms with Crippen molar-refractivity contribution in [3.63, 3.8) is 0 Å². The number of rotatable bonds is 5. The summed E-state index contributed by atoms with van der Waals surface area (Å²) in [4.78, 5) is 24.1. The third-order valence-corrected chi connectivity index (χ3v) is 5.63. The van der Waals surface area contributed by atoms with Crippen molar-refractivity contribution in [1.29, 1.82) is 0 Å². The molecule has 1 atom stereocenters. The van der Waals surface area contributed by atoms with E-state index in [0.717, 1.165) is 17.4 Å². The first-order valence-corrected chi connectivity index (χ1v) is 10.0. The number of ether oxygens (including phenoxy) is 1. The molecule has 0 fully saturated rings. The van der Waals surface area contributed by atoms with Crippen molar-refractivity contribution in [2.45, 2.75) is 12.5 Å². The maximum absolute atomic E-state index is 13.7. The van der Waals surface area contributed by atoms with Crippen LogP contribution in [0.1, 0.15) is 17.2 Å². The molecule has 3 aromatic carbocycles. The molecule has 6 nitrogen and oxygen atoms in total. The Bertz CT molecular complexity index is 1160. The van der Waals surface area contributed by atoms with Crippen molar-refractivity contribution in [2.24, 2.45) is 0 Å². The largest absolute Gasteiger partial charge is 0.454 e. The second-order valence-electron chi connectivity index (χ2n) is 6.96. The van der Waals surface area contributed by atoms with Gasteiger partial charge in [0.25, 0.3) is 5.69 Å². The number of nitrogens with zero attached hydrogens (tertiary/aromatic N) is 2. The molecule has 0 N–H and O–H groups in total. The van der Waals surface area contributed by atoms with Crippen molar-refractivity contribution in [2.75, 3.05) is 11.4 Å². The summed E-state index contributed by atoms with van der Waals surface area (Å²) in [7, 11) is 0. The van der Waals surface area contributed by atoms with Gasteiger partial charge in [-0.05, 0) is 47.9 Å². The predicted octanol–water partition coefficient (Wildman–Crippen LogP) is 6.14. The van der Waals surface area contributed by atoms with Gasteiger partial charge in [-0.25, -0.2) is 4.39 Å². The predicted molar refractivity (Wildman–Crippen MR) is 116 cm³/mol. The molecule has 1 aliphatic rings. The highest BCUT2D eigenvalue weighted by atomic mass is 35.5. The van der Waals surface area contributed by atoms with Crippen LogP contribution in [-0.2, 0) is 11.2 Å². The van der Waals surface area contributed by atoms with E-state index in [1.165, 1.54) is 24.3 Å². The Morgan fingerprint density at radius 3 is 2.52 bits per heavy atom. The minimum Gasteiger partial charge on any atom is -0.454 e. The van der Waals surface area contributed by atoms with Crippen LogP contribution in [0.2, 0.25) is 10.0 Å². The second kappa shape index (κ2) is 8.53. The average molecular weight is 461 g/mol. The van der Waals surface area contributed by atoms with Gasteiger partial charge in [-0.3, -0.25) is 10.1 Å². The van der Waals surface area contributed by atoms with Crippen LogP contribution in [-0.4, -0.2) is 17.8 Å². The van der Waals surface area contributed by atoms with Crippen LogP contribution in [0.3, 0.4) is 0 Å². The minimum absolute atomic E-state index is 0.0139. The Hall–Kier alpha value is -3.16. The molecule has 1 unspecified atom stereocenters. The Kier molecular flexibility index (Phi) is 5.80. The molecule has 3 aromatic rings. The van der Waals surface area contributed by atoms with Crippen molar-refractivity contribution >= 4 is 40.9 Å². The molecule has 0 saturated heterocycles. The zero-order valence-electron chi connectivity index (χ0n) is 15.9. The van der Waals surface area contributed by atoms with Gasteiger partial charge in [0.15, 0.2) is 5.75 Å². The standard InChI is InChI=1S/C22H15Cl2FN2O4/c23-19-10-16(27(29)30)11-20(24)22(19)31-17-4-5-18-13(8-17)6-7-26(21(18)12-28)15-3-1-2-14(25)9-15/h1-5,8-12,21H,6-7H2. The SMILES string of the molecule is O=CC1c2ccc(Oc3c(Cl)cc([N+](=O)[O-])cc3Cl)cc2CCN1c1cccc(F)c1. The van der Waals surface area contributed by atoms with E-state index in [2.05, 4.69) is 0 Å². The van der Waals surface area contributed by atoms with Crippen LogP contribution >= 0.6 is 23.2 Å². The molecule has 0 amide bonds. The fraction of sp³-hybridized carbons (Fsp3) is 0.136. The molecule has 9 heteroatoms. The number of fused-ring (bicyclic) bond motifs is 1. The zero-order valence-corrected chi connectivity index (χ0v) is 17.4. The third kappa shape index (κ3) is 4.19. The number of nitro benzene ring substituents is 1. The highest BCUT2D eigenvalue weighted by Crippen LogP contribution is 2.41. The van der Waals surface area contributed by atoms with Gasteiger partial charge in [0, 0.05) is 24.4 Å². The maximum Gasteiger partial charge on any atom is 0.272 e. The summed E-state index contributed by atoms with van der Waals surface area (Å²) in [6.45, 7) is 0.516. The van der Waals surface area contributed by atoms with Crippen molar-refractivity contribution in [1.82, 2.24) is 0 Å². The van der Waals surface area contributed by atoms with Gasteiger partial charge in [-0.2, -0.15) is 0 Å². The van der Waals surface area contributed by atoms with Crippen LogP contribution in [0.4, 0.5) is 15.8 Å². The van der Waals surface area contributed by atoms with Crippen LogP contribution in [0.5, 0.6) is 11.5 Å². The molecule has 0 bridgehead atoms. The number of carbonyl (C=O) groups is 1. The number of benzene rings is 3. The van der Waals surface area contributed by atoms with E-state index in [-0.39, 0.29) is 27.3 Å². The summed E-state index contributed by atoms with van der Waals surface area (Å²) in [5.41, 5.74) is 2.08. The van der Waals surface area contributed by atoms with Gasteiger partial charge in [0.05, 0.1) is 15.0 Å². The van der Waals surface area contributed by atoms with E-state index in [4.69, 9.17) is 27.9 Å². The van der Waals surface area contributed by atoms with Gasteiger partial charge >= 0.3 is 0 Å². The van der Waals surface area contributed by atoms with E-state index >= 15 is 0 Å². The summed E-state index contributed by atoms with van der Waals surface area (Å²) < 4.78 is 19.5. The van der Waals surface area contributed by atoms with Gasteiger partial charge < -0.3 is 14.4 Å². The maximum atomic E-state index is 13.7. The lowest BCUT2D eigenvalue weighted by molar-refractivity contribution is -0.384. The quantitative estimate of drug-likeness (QED) is 0.260. The number of carbonyl (C=O) groups excluding carboxylic acids is 1. The van der Waals surface area contributed by atoms with Gasteiger partial charge in [-0.1, -0.05) is 35.3 Å². The molecule has 158 valence electrons. The fourth-order valence-corrected chi connectivity index (χ4v) is 4.21. The van der Waals surface area contributed by atoms with E-state index in [9.17, 15) is 19.3 Å². The lowest BCUT2D eigenvalue weighted by Gasteiger charge is -2.36. The van der Waals surface area contributed by atoms with Crippen molar-refractivity contribution in [3.05, 3.63) is 91.7 Å². The van der Waals surface area contributed by atoms with Gasteiger partial charge in [0.2, 0.25) is 0 Å². The molecule has 4 rings (SSSR count). The molecule has 0 aromatic heterocycles. The number of anilines is 1. The van der Waals surface area contributed by atoms with E-state index in [1.807, 2.05) is 4.90 Å². The van der Waals surface area contributed by atoms with Gasteiger partial charge in [0.1, 0.15) is 23.9 Å². The number of nitro groups is 1. The summed E-state index contributed by atoms with van der Waals surface area (Å²) in [6.07, 6.45) is 1.43. The van der Waals surface area contributed by atoms with Crippen LogP contribution in [0.15, 0.2) is 54.6 Å². The fourth-order valence-electron chi connectivity index (χ4n) is 3.66. The highest BCUT2D eigenvalue weighted by Gasteiger charge is 2.28. The minimum atomic E-state index is -0.593. The topological polar surface area (TPSA) is 72.7 Å². The monoisotopic (exact) mass is 460 g/mol. The summed E-state index contributed by atoms with van der Waals surface area (Å²) in [5.74, 6) is 0.173. The molecule has 1 heterocycles. The first kappa shape index (κ1) is 21.1. The number of aldehydes is 1. The summed E-state index contributed by atoms with van der Waals surface area (Å²) in [5, 5.41) is 11.0. The Labute approximate surface area is 186 Å². The number of non-ortho nitro benzene ring substituents is 1. The Balaban J connectivity index is 1.63. The Morgan fingerprint density at radius 2 is 1.87 bits per heavy atom. The van der Waals surface area contributed by atoms with E-state index < -0.39 is 11.0 Å². The highest BCUT2D eigenvalue weighted by molar-refractivity contribution is 6.37. The Morgan fingerprint density at radius 1 is 1.13 bits per heavy atom. The van der Waals surface area contributed by atoms with Crippen molar-refractivity contribution in [3.8, 4) is 11.5 Å². The summed E-state index contributed by atoms with van der Waals surface area (Å²) >= 11 is 12.2. The molecule has 0 spiro atoms. The van der Waals surface area contributed by atoms with Crippen molar-refractivity contribution < 1.29 is 18.8 Å². The summed E-state index contributed by atoms with van der Waals surface area (Å²) in [6, 6.07) is 13.1. The number of halogens is 3. The molecule has 0 aliphatic carbocycles. The molecule has 0 saturated carbocycles. The van der Waals surface area contributed by atoms with Crippen LogP contribution in [0.25, 0.3) is 0 Å². The average Bonchev–Trinajstić information content (AvgIpc) is 2.75. The first-order chi connectivity index (χ1) is 14.9. The third-order valence-electron chi connectivity index (χ3n) is 5.07. The first-order valence-electron chi connectivity index (χ1n) is 9.29. The number of hydrogen-bond acceptors (Lipinski definition) is 5. The van der Waals surface area contributed by atoms with Gasteiger partial charge in [-0.15, -0.1) is 0 Å². The zero-order chi connectivity index (χ0) is 22.1. The normalized spacial score (nSPS) is 15.3. The molecular formula is C22H15Cl2FN2O4. The van der Waals surface area contributed by atoms with E-state index in [0.29, 0.717) is 24.4 Å². The number of hydrogen-bond donors (Lipinski definition) is 0. The lowest BCUT2D eigenvalue weighted by atomic mass is 9.92. The van der Waals surface area contributed by atoms with E-state index in [1.54, 1.807) is 30.3 Å². The smallest absolute Gasteiger partial charge is 0.272 e. The van der Waals surface area contributed by atoms with Crippen LogP contribution < -0.4 is 9.64 Å². The molecule has 1 aliphatic heterocycles.